The Balaban J connectivity index is 2.23. The molecule has 0 aromatic carbocycles. The summed E-state index contributed by atoms with van der Waals surface area (Å²) in [6, 6.07) is 0.0308. The van der Waals surface area contributed by atoms with Gasteiger partial charge >= 0.3 is 0 Å². The Morgan fingerprint density at radius 2 is 2.05 bits per heavy atom. The fourth-order valence-electron chi connectivity index (χ4n) is 3.16. The second-order valence-corrected chi connectivity index (χ2v) is 6.74. The molecule has 0 radical (unpaired) electrons. The van der Waals surface area contributed by atoms with Crippen molar-refractivity contribution in [3.63, 3.8) is 0 Å². The predicted molar refractivity (Wildman–Crippen MR) is 80.7 cm³/mol. The van der Waals surface area contributed by atoms with Gasteiger partial charge in [0.25, 0.3) is 0 Å². The molecular weight excluding hydrogens is 268 g/mol. The Hall–Kier alpha value is -1.10. The minimum atomic E-state index is -0.729. The van der Waals surface area contributed by atoms with Gasteiger partial charge in [-0.3, -0.25) is 9.59 Å². The predicted octanol–water partition coefficient (Wildman–Crippen LogP) is 1.56. The van der Waals surface area contributed by atoms with Gasteiger partial charge in [-0.2, -0.15) is 0 Å². The third kappa shape index (κ3) is 3.39. The van der Waals surface area contributed by atoms with E-state index in [0.29, 0.717) is 32.1 Å². The van der Waals surface area contributed by atoms with Crippen LogP contribution in [0.3, 0.4) is 0 Å². The summed E-state index contributed by atoms with van der Waals surface area (Å²) in [7, 11) is 0. The monoisotopic (exact) mass is 296 g/mol. The van der Waals surface area contributed by atoms with Gasteiger partial charge in [0.2, 0.25) is 11.8 Å². The largest absolute Gasteiger partial charge is 0.380 e. The zero-order valence-corrected chi connectivity index (χ0v) is 13.6. The third-order valence-electron chi connectivity index (χ3n) is 4.74. The van der Waals surface area contributed by atoms with Gasteiger partial charge in [-0.25, -0.2) is 0 Å². The lowest BCUT2D eigenvalue weighted by molar-refractivity contribution is -0.143. The van der Waals surface area contributed by atoms with E-state index in [2.05, 4.69) is 19.2 Å². The minimum Gasteiger partial charge on any atom is -0.380 e. The fourth-order valence-corrected chi connectivity index (χ4v) is 3.16. The first kappa shape index (κ1) is 16.3. The van der Waals surface area contributed by atoms with Crippen LogP contribution in [-0.2, 0) is 14.3 Å². The third-order valence-corrected chi connectivity index (χ3v) is 4.74. The molecule has 2 unspecified atom stereocenters. The molecule has 1 saturated heterocycles. The normalized spacial score (nSPS) is 28.5. The molecule has 1 aliphatic heterocycles. The molecule has 5 nitrogen and oxygen atoms in total. The highest BCUT2D eigenvalue weighted by atomic mass is 16.5. The lowest BCUT2D eigenvalue weighted by Crippen LogP contribution is -2.59. The van der Waals surface area contributed by atoms with Crippen molar-refractivity contribution in [2.24, 2.45) is 11.8 Å². The smallest absolute Gasteiger partial charge is 0.248 e. The molecule has 120 valence electrons. The number of amides is 2. The average molecular weight is 296 g/mol. The summed E-state index contributed by atoms with van der Waals surface area (Å²) in [4.78, 5) is 27.0. The molecule has 2 aliphatic rings. The van der Waals surface area contributed by atoms with Gasteiger partial charge in [0.15, 0.2) is 0 Å². The molecular formula is C16H28N2O3. The zero-order chi connectivity index (χ0) is 15.6. The maximum Gasteiger partial charge on any atom is 0.248 e. The van der Waals surface area contributed by atoms with Crippen molar-refractivity contribution in [2.45, 2.75) is 58.5 Å². The standard InChI is InChI=1S/C16H28N2O3/c1-5-21-10-13(11(2)3)18-9-8-14(19)17-16(4,15(18)20)12-6-7-12/h11-13H,5-10H2,1-4H3,(H,17,19). The van der Waals surface area contributed by atoms with E-state index in [-0.39, 0.29) is 23.8 Å². The maximum absolute atomic E-state index is 13.1. The second kappa shape index (κ2) is 6.34. The maximum atomic E-state index is 13.1. The van der Waals surface area contributed by atoms with Gasteiger partial charge < -0.3 is 15.0 Å². The molecule has 2 rings (SSSR count). The van der Waals surface area contributed by atoms with Crippen LogP contribution in [0.4, 0.5) is 0 Å². The van der Waals surface area contributed by atoms with Crippen LogP contribution in [-0.4, -0.2) is 48.1 Å². The number of carbonyl (C=O) groups excluding carboxylic acids is 2. The fraction of sp³-hybridized carbons (Fsp3) is 0.875. The Bertz CT molecular complexity index is 406. The Kier molecular flexibility index (Phi) is 4.91. The molecule has 0 aromatic heterocycles. The van der Waals surface area contributed by atoms with Crippen LogP contribution in [0.25, 0.3) is 0 Å². The topological polar surface area (TPSA) is 58.6 Å². The van der Waals surface area contributed by atoms with Crippen molar-refractivity contribution in [1.82, 2.24) is 10.2 Å². The van der Waals surface area contributed by atoms with Crippen molar-refractivity contribution in [3.05, 3.63) is 0 Å². The first-order chi connectivity index (χ1) is 9.90. The van der Waals surface area contributed by atoms with Gasteiger partial charge in [0, 0.05) is 19.6 Å². The molecule has 0 aromatic rings. The van der Waals surface area contributed by atoms with Crippen LogP contribution in [0.2, 0.25) is 0 Å². The lowest BCUT2D eigenvalue weighted by atomic mass is 9.92. The number of nitrogens with one attached hydrogen (secondary N) is 1. The summed E-state index contributed by atoms with van der Waals surface area (Å²) in [6.45, 7) is 9.72. The second-order valence-electron chi connectivity index (χ2n) is 6.74. The molecule has 21 heavy (non-hydrogen) atoms. The van der Waals surface area contributed by atoms with E-state index in [1.54, 1.807) is 0 Å². The molecule has 2 atom stereocenters. The molecule has 0 spiro atoms. The highest BCUT2D eigenvalue weighted by Gasteiger charge is 2.52. The quantitative estimate of drug-likeness (QED) is 0.809. The van der Waals surface area contributed by atoms with E-state index >= 15 is 0 Å². The van der Waals surface area contributed by atoms with E-state index in [0.717, 1.165) is 12.8 Å². The van der Waals surface area contributed by atoms with Gasteiger partial charge in [-0.05, 0) is 38.5 Å². The van der Waals surface area contributed by atoms with Crippen LogP contribution < -0.4 is 5.32 Å². The first-order valence-electron chi connectivity index (χ1n) is 8.10. The summed E-state index contributed by atoms with van der Waals surface area (Å²) in [5.74, 6) is 0.639. The molecule has 1 aliphatic carbocycles. The lowest BCUT2D eigenvalue weighted by Gasteiger charge is -2.38. The van der Waals surface area contributed by atoms with Crippen molar-refractivity contribution >= 4 is 11.8 Å². The van der Waals surface area contributed by atoms with Gasteiger partial charge in [-0.15, -0.1) is 0 Å². The first-order valence-corrected chi connectivity index (χ1v) is 8.10. The van der Waals surface area contributed by atoms with Crippen molar-refractivity contribution < 1.29 is 14.3 Å². The Labute approximate surface area is 127 Å². The number of rotatable bonds is 6. The molecule has 1 heterocycles. The van der Waals surface area contributed by atoms with Gasteiger partial charge in [-0.1, -0.05) is 13.8 Å². The van der Waals surface area contributed by atoms with Crippen LogP contribution in [0.5, 0.6) is 0 Å². The van der Waals surface area contributed by atoms with E-state index in [1.165, 1.54) is 0 Å². The van der Waals surface area contributed by atoms with Crippen molar-refractivity contribution in [3.8, 4) is 0 Å². The summed E-state index contributed by atoms with van der Waals surface area (Å²) < 4.78 is 5.57. The summed E-state index contributed by atoms with van der Waals surface area (Å²) in [5.41, 5.74) is -0.729. The highest BCUT2D eigenvalue weighted by molar-refractivity contribution is 5.94. The molecule has 2 amide bonds. The number of nitrogens with zero attached hydrogens (tertiary/aromatic N) is 1. The Morgan fingerprint density at radius 3 is 2.57 bits per heavy atom. The van der Waals surface area contributed by atoms with Gasteiger partial charge in [0.05, 0.1) is 12.6 Å². The SMILES string of the molecule is CCOCC(C(C)C)N1CCC(=O)NC(C)(C2CC2)C1=O. The van der Waals surface area contributed by atoms with E-state index in [9.17, 15) is 9.59 Å². The number of ether oxygens (including phenoxy) is 1. The number of hydrogen-bond donors (Lipinski definition) is 1. The zero-order valence-electron chi connectivity index (χ0n) is 13.6. The van der Waals surface area contributed by atoms with Crippen molar-refractivity contribution in [2.75, 3.05) is 19.8 Å². The number of carbonyl (C=O) groups is 2. The van der Waals surface area contributed by atoms with Crippen LogP contribution in [0, 0.1) is 11.8 Å². The van der Waals surface area contributed by atoms with Crippen LogP contribution in [0.1, 0.15) is 47.0 Å². The van der Waals surface area contributed by atoms with Crippen LogP contribution in [0.15, 0.2) is 0 Å². The van der Waals surface area contributed by atoms with Crippen molar-refractivity contribution in [1.29, 1.82) is 0 Å². The summed E-state index contributed by atoms with van der Waals surface area (Å²) in [5, 5.41) is 2.98. The van der Waals surface area contributed by atoms with E-state index < -0.39 is 5.54 Å². The minimum absolute atomic E-state index is 0.0147. The highest BCUT2D eigenvalue weighted by Crippen LogP contribution is 2.41. The average Bonchev–Trinajstić information content (AvgIpc) is 3.25. The summed E-state index contributed by atoms with van der Waals surface area (Å²) >= 11 is 0. The van der Waals surface area contributed by atoms with Gasteiger partial charge in [0.1, 0.15) is 5.54 Å². The molecule has 5 heteroatoms. The molecule has 0 bridgehead atoms. The molecule has 1 saturated carbocycles. The van der Waals surface area contributed by atoms with Crippen LogP contribution >= 0.6 is 0 Å². The molecule has 1 N–H and O–H groups in total. The van der Waals surface area contributed by atoms with E-state index in [1.807, 2.05) is 18.7 Å². The molecule has 2 fully saturated rings. The number of hydrogen-bond acceptors (Lipinski definition) is 3. The Morgan fingerprint density at radius 1 is 1.38 bits per heavy atom. The van der Waals surface area contributed by atoms with E-state index in [4.69, 9.17) is 4.74 Å². The summed E-state index contributed by atoms with van der Waals surface area (Å²) in [6.07, 6.45) is 2.42.